The Morgan fingerprint density at radius 1 is 1.33 bits per heavy atom. The van der Waals surface area contributed by atoms with Gasteiger partial charge in [0.1, 0.15) is 16.8 Å². The highest BCUT2D eigenvalue weighted by Gasteiger charge is 2.15. The van der Waals surface area contributed by atoms with Gasteiger partial charge in [0.15, 0.2) is 11.0 Å². The molecule has 27 heavy (non-hydrogen) atoms. The number of aromatic nitrogens is 3. The third-order valence-corrected chi connectivity index (χ3v) is 5.55. The molecule has 1 N–H and O–H groups in total. The van der Waals surface area contributed by atoms with Crippen LogP contribution in [0.25, 0.3) is 11.4 Å². The summed E-state index contributed by atoms with van der Waals surface area (Å²) in [6, 6.07) is 11.3. The number of nitrogens with zero attached hydrogens (tertiary/aromatic N) is 4. The summed E-state index contributed by atoms with van der Waals surface area (Å²) < 4.78 is 7.14. The van der Waals surface area contributed by atoms with Crippen molar-refractivity contribution in [2.75, 3.05) is 18.2 Å². The van der Waals surface area contributed by atoms with Gasteiger partial charge in [-0.15, -0.1) is 21.5 Å². The molecule has 2 heterocycles. The molecule has 2 aromatic heterocycles. The Kier molecular flexibility index (Phi) is 6.11. The zero-order valence-electron chi connectivity index (χ0n) is 14.8. The van der Waals surface area contributed by atoms with Gasteiger partial charge in [-0.3, -0.25) is 4.79 Å². The van der Waals surface area contributed by atoms with Crippen molar-refractivity contribution in [3.63, 3.8) is 0 Å². The number of thiophene rings is 1. The highest BCUT2D eigenvalue weighted by Crippen LogP contribution is 2.26. The van der Waals surface area contributed by atoms with E-state index in [0.717, 1.165) is 17.1 Å². The van der Waals surface area contributed by atoms with Gasteiger partial charge in [-0.2, -0.15) is 5.26 Å². The molecule has 0 saturated carbocycles. The van der Waals surface area contributed by atoms with Gasteiger partial charge < -0.3 is 14.6 Å². The number of hydrogen-bond acceptors (Lipinski definition) is 7. The van der Waals surface area contributed by atoms with E-state index < -0.39 is 0 Å². The number of carbonyl (C=O) groups excluding carboxylic acids is 1. The van der Waals surface area contributed by atoms with E-state index in [1.54, 1.807) is 18.6 Å². The van der Waals surface area contributed by atoms with Crippen molar-refractivity contribution in [3.8, 4) is 23.2 Å². The highest BCUT2D eigenvalue weighted by molar-refractivity contribution is 7.99. The Morgan fingerprint density at radius 2 is 2.11 bits per heavy atom. The van der Waals surface area contributed by atoms with Crippen molar-refractivity contribution in [2.45, 2.75) is 18.6 Å². The summed E-state index contributed by atoms with van der Waals surface area (Å²) >= 11 is 2.64. The third-order valence-electron chi connectivity index (χ3n) is 3.75. The topological polar surface area (TPSA) is 92.8 Å². The van der Waals surface area contributed by atoms with Crippen molar-refractivity contribution < 1.29 is 9.53 Å². The molecule has 0 fully saturated rings. The number of amides is 1. The van der Waals surface area contributed by atoms with Crippen molar-refractivity contribution in [1.82, 2.24) is 14.8 Å². The molecule has 0 atom stereocenters. The molecule has 0 aliphatic carbocycles. The van der Waals surface area contributed by atoms with Gasteiger partial charge in [-0.05, 0) is 42.6 Å². The number of ether oxygens (including phenoxy) is 1. The number of methoxy groups -OCH3 is 1. The van der Waals surface area contributed by atoms with Crippen molar-refractivity contribution in [2.24, 2.45) is 0 Å². The average Bonchev–Trinajstić information content (AvgIpc) is 3.32. The zero-order valence-corrected chi connectivity index (χ0v) is 16.4. The van der Waals surface area contributed by atoms with E-state index in [1.165, 1.54) is 23.1 Å². The van der Waals surface area contributed by atoms with E-state index >= 15 is 0 Å². The molecule has 0 spiro atoms. The predicted octanol–water partition coefficient (Wildman–Crippen LogP) is 3.64. The minimum atomic E-state index is -0.185. The molecule has 0 aliphatic heterocycles. The van der Waals surface area contributed by atoms with Gasteiger partial charge in [0.25, 0.3) is 0 Å². The number of anilines is 1. The second-order valence-electron chi connectivity index (χ2n) is 5.39. The summed E-state index contributed by atoms with van der Waals surface area (Å²) in [6.45, 7) is 2.69. The first-order valence-electron chi connectivity index (χ1n) is 8.14. The maximum absolute atomic E-state index is 12.2. The van der Waals surface area contributed by atoms with Gasteiger partial charge in [0.05, 0.1) is 18.4 Å². The fourth-order valence-corrected chi connectivity index (χ4v) is 3.98. The molecule has 0 aliphatic rings. The maximum Gasteiger partial charge on any atom is 0.235 e. The first-order chi connectivity index (χ1) is 13.2. The molecule has 0 bridgehead atoms. The highest BCUT2D eigenvalue weighted by atomic mass is 32.2. The first kappa shape index (κ1) is 18.9. The number of hydrogen-bond donors (Lipinski definition) is 1. The van der Waals surface area contributed by atoms with Crippen molar-refractivity contribution >= 4 is 34.0 Å². The van der Waals surface area contributed by atoms with Crippen molar-refractivity contribution in [3.05, 3.63) is 41.3 Å². The van der Waals surface area contributed by atoms with Gasteiger partial charge in [-0.1, -0.05) is 11.8 Å². The number of benzene rings is 1. The maximum atomic E-state index is 12.2. The summed E-state index contributed by atoms with van der Waals surface area (Å²) in [5, 5.41) is 23.3. The molecular weight excluding hydrogens is 382 g/mol. The fourth-order valence-electron chi connectivity index (χ4n) is 2.42. The molecule has 9 heteroatoms. The van der Waals surface area contributed by atoms with Crippen LogP contribution in [-0.2, 0) is 11.3 Å². The molecule has 0 saturated heterocycles. The molecule has 3 rings (SSSR count). The molecule has 1 aromatic carbocycles. The summed E-state index contributed by atoms with van der Waals surface area (Å²) in [5.74, 6) is 1.52. The summed E-state index contributed by atoms with van der Waals surface area (Å²) in [4.78, 5) is 12.2. The van der Waals surface area contributed by atoms with E-state index in [0.29, 0.717) is 22.3 Å². The number of rotatable bonds is 7. The number of nitriles is 1. The Labute approximate surface area is 165 Å². The van der Waals surface area contributed by atoms with Crippen LogP contribution in [-0.4, -0.2) is 33.5 Å². The van der Waals surface area contributed by atoms with E-state index in [-0.39, 0.29) is 11.7 Å². The second-order valence-corrected chi connectivity index (χ2v) is 7.25. The van der Waals surface area contributed by atoms with Gasteiger partial charge >= 0.3 is 0 Å². The molecule has 3 aromatic rings. The second kappa shape index (κ2) is 8.70. The zero-order chi connectivity index (χ0) is 19.2. The number of thioether (sulfide) groups is 1. The standard InChI is InChI=1S/C18H17N5O2S2/c1-3-23-16(12-4-6-14(25-2)7-5-12)21-22-18(23)27-11-15(24)20-17-13(10-19)8-9-26-17/h4-9H,3,11H2,1-2H3,(H,20,24). The lowest BCUT2D eigenvalue weighted by atomic mass is 10.2. The Morgan fingerprint density at radius 3 is 2.78 bits per heavy atom. The van der Waals surface area contributed by atoms with Crippen LogP contribution in [0.4, 0.5) is 5.00 Å². The normalized spacial score (nSPS) is 10.4. The van der Waals surface area contributed by atoms with E-state index in [9.17, 15) is 4.79 Å². The predicted molar refractivity (Wildman–Crippen MR) is 106 cm³/mol. The van der Waals surface area contributed by atoms with E-state index in [2.05, 4.69) is 21.6 Å². The lowest BCUT2D eigenvalue weighted by Gasteiger charge is -2.08. The minimum absolute atomic E-state index is 0.184. The minimum Gasteiger partial charge on any atom is -0.497 e. The van der Waals surface area contributed by atoms with Crippen LogP contribution < -0.4 is 10.1 Å². The SMILES string of the molecule is CCn1c(SCC(=O)Nc2sccc2C#N)nnc1-c1ccc(OC)cc1. The van der Waals surface area contributed by atoms with E-state index in [4.69, 9.17) is 10.00 Å². The van der Waals surface area contributed by atoms with E-state index in [1.807, 2.05) is 35.8 Å². The molecule has 7 nitrogen and oxygen atoms in total. The van der Waals surface area contributed by atoms with Crippen LogP contribution >= 0.6 is 23.1 Å². The largest absolute Gasteiger partial charge is 0.497 e. The first-order valence-corrected chi connectivity index (χ1v) is 10.0. The van der Waals surface area contributed by atoms with Gasteiger partial charge in [0, 0.05) is 12.1 Å². The van der Waals surface area contributed by atoms with Crippen LogP contribution in [0.15, 0.2) is 40.9 Å². The van der Waals surface area contributed by atoms with Crippen LogP contribution in [0.3, 0.4) is 0 Å². The fraction of sp³-hybridized carbons (Fsp3) is 0.222. The summed E-state index contributed by atoms with van der Waals surface area (Å²) in [6.07, 6.45) is 0. The van der Waals surface area contributed by atoms with Crippen LogP contribution in [0.1, 0.15) is 12.5 Å². The Hall–Kier alpha value is -2.83. The molecule has 1 amide bonds. The quantitative estimate of drug-likeness (QED) is 0.610. The lowest BCUT2D eigenvalue weighted by molar-refractivity contribution is -0.113. The summed E-state index contributed by atoms with van der Waals surface area (Å²) in [5.41, 5.74) is 1.40. The lowest BCUT2D eigenvalue weighted by Crippen LogP contribution is -2.14. The van der Waals surface area contributed by atoms with Crippen LogP contribution in [0.5, 0.6) is 5.75 Å². The Balaban J connectivity index is 1.69. The molecule has 0 radical (unpaired) electrons. The van der Waals surface area contributed by atoms with Crippen molar-refractivity contribution in [1.29, 1.82) is 5.26 Å². The van der Waals surface area contributed by atoms with Crippen LogP contribution in [0, 0.1) is 11.3 Å². The monoisotopic (exact) mass is 399 g/mol. The third kappa shape index (κ3) is 4.30. The van der Waals surface area contributed by atoms with Crippen LogP contribution in [0.2, 0.25) is 0 Å². The number of nitrogens with one attached hydrogen (secondary N) is 1. The molecule has 138 valence electrons. The number of carbonyl (C=O) groups is 1. The smallest absolute Gasteiger partial charge is 0.235 e. The Bertz CT molecular complexity index is 973. The van der Waals surface area contributed by atoms with Gasteiger partial charge in [0.2, 0.25) is 5.91 Å². The average molecular weight is 400 g/mol. The summed E-state index contributed by atoms with van der Waals surface area (Å²) in [7, 11) is 1.62. The molecule has 0 unspecified atom stereocenters. The molecular formula is C18H17N5O2S2. The van der Waals surface area contributed by atoms with Gasteiger partial charge in [-0.25, -0.2) is 0 Å².